The van der Waals surface area contributed by atoms with Gasteiger partial charge >= 0.3 is 0 Å². The highest BCUT2D eigenvalue weighted by atomic mass is 15.4. The molecule has 0 spiro atoms. The number of nitrogens with zero attached hydrogens (tertiary/aromatic N) is 2. The molecule has 1 saturated heterocycles. The topological polar surface area (TPSA) is 18.5 Å². The predicted molar refractivity (Wildman–Crippen MR) is 51.5 cm³/mol. The summed E-state index contributed by atoms with van der Waals surface area (Å²) in [5, 5.41) is 3.31. The third-order valence-corrected chi connectivity index (χ3v) is 1.85. The highest BCUT2D eigenvalue weighted by Gasteiger charge is 2.13. The fraction of sp³-hybridized carbons (Fsp3) is 0.556. The molecule has 0 radical (unpaired) electrons. The maximum absolute atomic E-state index is 3.72. The molecule has 1 aliphatic rings. The summed E-state index contributed by atoms with van der Waals surface area (Å²) in [5.41, 5.74) is 0. The van der Waals surface area contributed by atoms with Crippen LogP contribution in [0.3, 0.4) is 0 Å². The Balaban J connectivity index is 2.29. The lowest BCUT2D eigenvalue weighted by Crippen LogP contribution is -2.52. The van der Waals surface area contributed by atoms with Gasteiger partial charge in [-0.1, -0.05) is 12.2 Å². The van der Waals surface area contributed by atoms with E-state index in [1.807, 2.05) is 12.2 Å². The first-order chi connectivity index (χ1) is 5.86. The Morgan fingerprint density at radius 2 is 1.58 bits per heavy atom. The lowest BCUT2D eigenvalue weighted by molar-refractivity contribution is 0.0844. The van der Waals surface area contributed by atoms with Gasteiger partial charge in [0.25, 0.3) is 0 Å². The Labute approximate surface area is 74.3 Å². The highest BCUT2D eigenvalue weighted by molar-refractivity contribution is 4.78. The average Bonchev–Trinajstić information content (AvgIpc) is 2.06. The Hall–Kier alpha value is -0.640. The van der Waals surface area contributed by atoms with Crippen molar-refractivity contribution in [3.63, 3.8) is 0 Å². The van der Waals surface area contributed by atoms with Crippen LogP contribution in [-0.4, -0.2) is 42.9 Å². The molecule has 3 heteroatoms. The zero-order valence-corrected chi connectivity index (χ0v) is 7.50. The molecular formula is C9H17N3. The SMILES string of the molecule is C=CCN1CNCN(CC=C)C1. The first-order valence-corrected chi connectivity index (χ1v) is 4.24. The van der Waals surface area contributed by atoms with Crippen LogP contribution in [0.15, 0.2) is 25.3 Å². The van der Waals surface area contributed by atoms with Crippen molar-refractivity contribution in [2.75, 3.05) is 33.1 Å². The first kappa shape index (κ1) is 9.45. The van der Waals surface area contributed by atoms with Crippen molar-refractivity contribution in [3.05, 3.63) is 25.3 Å². The second kappa shape index (κ2) is 5.09. The molecule has 0 aromatic heterocycles. The molecule has 0 aromatic carbocycles. The van der Waals surface area contributed by atoms with E-state index in [4.69, 9.17) is 0 Å². The molecule has 1 aliphatic heterocycles. The summed E-state index contributed by atoms with van der Waals surface area (Å²) in [4.78, 5) is 4.58. The van der Waals surface area contributed by atoms with Crippen LogP contribution in [0.2, 0.25) is 0 Å². The van der Waals surface area contributed by atoms with Gasteiger partial charge < -0.3 is 0 Å². The van der Waals surface area contributed by atoms with Crippen LogP contribution >= 0.6 is 0 Å². The summed E-state index contributed by atoms with van der Waals surface area (Å²) < 4.78 is 0. The lowest BCUT2D eigenvalue weighted by atomic mass is 10.4. The van der Waals surface area contributed by atoms with Gasteiger partial charge in [0.1, 0.15) is 0 Å². The van der Waals surface area contributed by atoms with Crippen LogP contribution in [0, 0.1) is 0 Å². The van der Waals surface area contributed by atoms with Crippen molar-refractivity contribution < 1.29 is 0 Å². The standard InChI is InChI=1S/C9H17N3/c1-3-5-11-7-10-8-12(9-11)6-4-2/h3-4,10H,1-2,5-9H2. The molecule has 1 rings (SSSR count). The molecule has 1 fully saturated rings. The average molecular weight is 167 g/mol. The molecule has 0 bridgehead atoms. The van der Waals surface area contributed by atoms with E-state index >= 15 is 0 Å². The summed E-state index contributed by atoms with van der Waals surface area (Å²) in [6.45, 7) is 12.2. The molecule has 68 valence electrons. The van der Waals surface area contributed by atoms with E-state index in [1.54, 1.807) is 0 Å². The molecular weight excluding hydrogens is 150 g/mol. The first-order valence-electron chi connectivity index (χ1n) is 4.24. The van der Waals surface area contributed by atoms with Crippen LogP contribution in [0.25, 0.3) is 0 Å². The van der Waals surface area contributed by atoms with Crippen LogP contribution < -0.4 is 5.32 Å². The summed E-state index contributed by atoms with van der Waals surface area (Å²) in [5.74, 6) is 0. The molecule has 1 heterocycles. The van der Waals surface area contributed by atoms with Crippen LogP contribution in [0.1, 0.15) is 0 Å². The van der Waals surface area contributed by atoms with E-state index in [-0.39, 0.29) is 0 Å². The molecule has 0 saturated carbocycles. The molecule has 12 heavy (non-hydrogen) atoms. The zero-order valence-electron chi connectivity index (χ0n) is 7.50. The van der Waals surface area contributed by atoms with E-state index in [1.165, 1.54) is 0 Å². The molecule has 3 nitrogen and oxygen atoms in total. The Morgan fingerprint density at radius 1 is 1.08 bits per heavy atom. The van der Waals surface area contributed by atoms with Gasteiger partial charge in [-0.15, -0.1) is 13.2 Å². The van der Waals surface area contributed by atoms with Crippen LogP contribution in [0.5, 0.6) is 0 Å². The summed E-state index contributed by atoms with van der Waals surface area (Å²) in [6, 6.07) is 0. The number of nitrogens with one attached hydrogen (secondary N) is 1. The molecule has 1 N–H and O–H groups in total. The van der Waals surface area contributed by atoms with E-state index in [2.05, 4.69) is 28.3 Å². The lowest BCUT2D eigenvalue weighted by Gasteiger charge is -2.34. The normalized spacial score (nSPS) is 20.7. The van der Waals surface area contributed by atoms with Crippen molar-refractivity contribution in [1.82, 2.24) is 15.1 Å². The van der Waals surface area contributed by atoms with Crippen molar-refractivity contribution in [2.24, 2.45) is 0 Å². The highest BCUT2D eigenvalue weighted by Crippen LogP contribution is 1.97. The predicted octanol–water partition coefficient (Wildman–Crippen LogP) is 0.438. The van der Waals surface area contributed by atoms with Crippen LogP contribution in [-0.2, 0) is 0 Å². The van der Waals surface area contributed by atoms with Crippen molar-refractivity contribution in [2.45, 2.75) is 0 Å². The number of hydrogen-bond donors (Lipinski definition) is 1. The van der Waals surface area contributed by atoms with Gasteiger partial charge in [0, 0.05) is 13.1 Å². The van der Waals surface area contributed by atoms with Gasteiger partial charge in [-0.3, -0.25) is 15.1 Å². The number of hydrogen-bond acceptors (Lipinski definition) is 3. The quantitative estimate of drug-likeness (QED) is 0.613. The summed E-state index contributed by atoms with van der Waals surface area (Å²) in [7, 11) is 0. The minimum atomic E-state index is 0.945. The molecule has 0 atom stereocenters. The fourth-order valence-corrected chi connectivity index (χ4v) is 1.36. The largest absolute Gasteiger partial charge is 0.291 e. The maximum atomic E-state index is 3.72. The van der Waals surface area contributed by atoms with Gasteiger partial charge in [-0.25, -0.2) is 0 Å². The van der Waals surface area contributed by atoms with Crippen LogP contribution in [0.4, 0.5) is 0 Å². The van der Waals surface area contributed by atoms with E-state index < -0.39 is 0 Å². The second-order valence-corrected chi connectivity index (χ2v) is 2.99. The monoisotopic (exact) mass is 167 g/mol. The molecule has 0 aromatic rings. The van der Waals surface area contributed by atoms with Crippen molar-refractivity contribution in [1.29, 1.82) is 0 Å². The van der Waals surface area contributed by atoms with Gasteiger partial charge in [-0.05, 0) is 0 Å². The fourth-order valence-electron chi connectivity index (χ4n) is 1.36. The Bertz CT molecular complexity index is 140. The van der Waals surface area contributed by atoms with Gasteiger partial charge in [0.15, 0.2) is 0 Å². The van der Waals surface area contributed by atoms with Gasteiger partial charge in [-0.2, -0.15) is 0 Å². The smallest absolute Gasteiger partial charge is 0.0536 e. The van der Waals surface area contributed by atoms with E-state index in [9.17, 15) is 0 Å². The van der Waals surface area contributed by atoms with E-state index in [0.29, 0.717) is 0 Å². The Morgan fingerprint density at radius 3 is 2.00 bits per heavy atom. The summed E-state index contributed by atoms with van der Waals surface area (Å²) >= 11 is 0. The third kappa shape index (κ3) is 2.77. The maximum Gasteiger partial charge on any atom is 0.0536 e. The van der Waals surface area contributed by atoms with Gasteiger partial charge in [0.2, 0.25) is 0 Å². The van der Waals surface area contributed by atoms with Crippen molar-refractivity contribution >= 4 is 0 Å². The van der Waals surface area contributed by atoms with Gasteiger partial charge in [0.05, 0.1) is 20.0 Å². The second-order valence-electron chi connectivity index (χ2n) is 2.99. The molecule has 0 unspecified atom stereocenters. The van der Waals surface area contributed by atoms with E-state index in [0.717, 1.165) is 33.1 Å². The minimum Gasteiger partial charge on any atom is -0.291 e. The number of rotatable bonds is 4. The van der Waals surface area contributed by atoms with Crippen molar-refractivity contribution in [3.8, 4) is 0 Å². The minimum absolute atomic E-state index is 0.945. The third-order valence-electron chi connectivity index (χ3n) is 1.85. The molecule has 0 amide bonds. The Kier molecular flexibility index (Phi) is 4.00. The molecule has 0 aliphatic carbocycles. The summed E-state index contributed by atoms with van der Waals surface area (Å²) in [6.07, 6.45) is 3.86. The zero-order chi connectivity index (χ0) is 8.81.